The molecule has 0 aliphatic heterocycles. The number of nitrogens with one attached hydrogen (secondary N) is 2. The average Bonchev–Trinajstić information content (AvgIpc) is 3.06. The Balaban J connectivity index is 1.76. The summed E-state index contributed by atoms with van der Waals surface area (Å²) in [5.41, 5.74) is 0.140. The predicted molar refractivity (Wildman–Crippen MR) is 64.4 cm³/mol. The van der Waals surface area contributed by atoms with E-state index in [0.717, 1.165) is 12.8 Å². The van der Waals surface area contributed by atoms with Crippen LogP contribution in [0.3, 0.4) is 0 Å². The summed E-state index contributed by atoms with van der Waals surface area (Å²) in [6.07, 6.45) is -1.37. The molecule has 1 aromatic rings. The van der Waals surface area contributed by atoms with E-state index >= 15 is 0 Å². The lowest BCUT2D eigenvalue weighted by molar-refractivity contribution is -0.159. The molecule has 1 saturated carbocycles. The van der Waals surface area contributed by atoms with Crippen LogP contribution in [0.5, 0.6) is 0 Å². The number of amides is 2. The maximum atomic E-state index is 11.8. The van der Waals surface area contributed by atoms with E-state index in [9.17, 15) is 22.8 Å². The van der Waals surface area contributed by atoms with E-state index in [-0.39, 0.29) is 24.2 Å². The third kappa shape index (κ3) is 5.71. The minimum absolute atomic E-state index is 0.0320. The van der Waals surface area contributed by atoms with Gasteiger partial charge < -0.3 is 10.1 Å². The van der Waals surface area contributed by atoms with Crippen molar-refractivity contribution in [1.82, 2.24) is 15.1 Å². The summed E-state index contributed by atoms with van der Waals surface area (Å²) in [6.45, 7) is -1.70. The van der Waals surface area contributed by atoms with Crippen LogP contribution in [0.1, 0.15) is 12.8 Å². The predicted octanol–water partition coefficient (Wildman–Crippen LogP) is 1.27. The third-order valence-electron chi connectivity index (χ3n) is 2.49. The lowest BCUT2D eigenvalue weighted by Crippen LogP contribution is -2.29. The molecule has 2 N–H and O–H groups in total. The fourth-order valence-electron chi connectivity index (χ4n) is 1.46. The third-order valence-corrected chi connectivity index (χ3v) is 2.49. The van der Waals surface area contributed by atoms with Gasteiger partial charge in [0.05, 0.1) is 11.9 Å². The summed E-state index contributed by atoms with van der Waals surface area (Å²) < 4.78 is 40.8. The van der Waals surface area contributed by atoms with Crippen LogP contribution in [-0.4, -0.2) is 40.6 Å². The van der Waals surface area contributed by atoms with Gasteiger partial charge in [-0.25, -0.2) is 4.79 Å². The second-order valence-electron chi connectivity index (χ2n) is 4.58. The highest BCUT2D eigenvalue weighted by molar-refractivity contribution is 5.84. The molecule has 0 saturated heterocycles. The highest BCUT2D eigenvalue weighted by Gasteiger charge is 2.29. The fraction of sp³-hybridized carbons (Fsp3) is 0.545. The van der Waals surface area contributed by atoms with Crippen LogP contribution in [0.2, 0.25) is 0 Å². The van der Waals surface area contributed by atoms with Gasteiger partial charge in [0.2, 0.25) is 5.91 Å². The molecular weight excluding hydrogens is 293 g/mol. The first-order valence-electron chi connectivity index (χ1n) is 6.14. The molecule has 1 aromatic heterocycles. The van der Waals surface area contributed by atoms with E-state index in [0.29, 0.717) is 0 Å². The molecule has 10 heteroatoms. The van der Waals surface area contributed by atoms with Crippen molar-refractivity contribution in [1.29, 1.82) is 0 Å². The van der Waals surface area contributed by atoms with Crippen molar-refractivity contribution >= 4 is 17.7 Å². The number of hydrogen-bond acceptors (Lipinski definition) is 4. The van der Waals surface area contributed by atoms with Crippen molar-refractivity contribution in [3.63, 3.8) is 0 Å². The van der Waals surface area contributed by atoms with Gasteiger partial charge in [-0.3, -0.25) is 14.8 Å². The van der Waals surface area contributed by atoms with Crippen LogP contribution >= 0.6 is 0 Å². The summed E-state index contributed by atoms with van der Waals surface area (Å²) in [5, 5.41) is 8.65. The average molecular weight is 306 g/mol. The van der Waals surface area contributed by atoms with Crippen molar-refractivity contribution < 1.29 is 27.5 Å². The molecule has 1 fully saturated rings. The van der Waals surface area contributed by atoms with E-state index in [1.165, 1.54) is 17.1 Å². The zero-order chi connectivity index (χ0) is 15.5. The Labute approximate surface area is 117 Å². The Morgan fingerprint density at radius 3 is 2.76 bits per heavy atom. The molecular formula is C11H13F3N4O3. The molecule has 116 valence electrons. The first-order valence-corrected chi connectivity index (χ1v) is 6.14. The largest absolute Gasteiger partial charge is 0.440 e. The van der Waals surface area contributed by atoms with E-state index < -0.39 is 18.9 Å². The molecule has 1 aliphatic carbocycles. The first kappa shape index (κ1) is 15.1. The number of hydrogen-bond donors (Lipinski definition) is 2. The topological polar surface area (TPSA) is 85.2 Å². The Bertz CT molecular complexity index is 525. The highest BCUT2D eigenvalue weighted by Crippen LogP contribution is 2.18. The van der Waals surface area contributed by atoms with Crippen LogP contribution in [0, 0.1) is 0 Å². The van der Waals surface area contributed by atoms with Gasteiger partial charge >= 0.3 is 12.3 Å². The number of ether oxygens (including phenoxy) is 1. The number of carbonyl (C=O) groups is 2. The summed E-state index contributed by atoms with van der Waals surface area (Å²) in [7, 11) is 0. The summed E-state index contributed by atoms with van der Waals surface area (Å²) in [4.78, 5) is 22.6. The number of nitrogens with zero attached hydrogens (tertiary/aromatic N) is 2. The highest BCUT2D eigenvalue weighted by atomic mass is 19.4. The van der Waals surface area contributed by atoms with Crippen LogP contribution < -0.4 is 10.6 Å². The van der Waals surface area contributed by atoms with Crippen molar-refractivity contribution in [3.8, 4) is 0 Å². The molecule has 0 spiro atoms. The lowest BCUT2D eigenvalue weighted by atomic mass is 10.5. The van der Waals surface area contributed by atoms with Crippen molar-refractivity contribution in [2.24, 2.45) is 0 Å². The van der Waals surface area contributed by atoms with Gasteiger partial charge in [-0.05, 0) is 12.8 Å². The molecule has 1 aliphatic rings. The van der Waals surface area contributed by atoms with Crippen LogP contribution in [0.15, 0.2) is 12.4 Å². The molecule has 1 heterocycles. The molecule has 21 heavy (non-hydrogen) atoms. The standard InChI is InChI=1S/C11H13F3N4O3/c12-11(13,14)6-21-10(20)17-8-3-15-18(4-8)5-9(19)16-7-1-2-7/h3-4,7H,1-2,5-6H2,(H,16,19)(H,17,20). The van der Waals surface area contributed by atoms with Gasteiger partial charge in [-0.15, -0.1) is 0 Å². The monoisotopic (exact) mass is 306 g/mol. The molecule has 0 atom stereocenters. The van der Waals surface area contributed by atoms with Gasteiger partial charge in [0, 0.05) is 12.2 Å². The van der Waals surface area contributed by atoms with Gasteiger partial charge in [0.25, 0.3) is 0 Å². The smallest absolute Gasteiger partial charge is 0.422 e. The number of anilines is 1. The summed E-state index contributed by atoms with van der Waals surface area (Å²) in [6, 6.07) is 0.225. The zero-order valence-electron chi connectivity index (χ0n) is 10.8. The minimum Gasteiger partial charge on any atom is -0.440 e. The molecule has 0 unspecified atom stereocenters. The summed E-state index contributed by atoms with van der Waals surface area (Å²) in [5.74, 6) is -0.216. The summed E-state index contributed by atoms with van der Waals surface area (Å²) >= 11 is 0. The lowest BCUT2D eigenvalue weighted by Gasteiger charge is -2.07. The number of aromatic nitrogens is 2. The Hall–Kier alpha value is -2.26. The molecule has 2 amide bonds. The Morgan fingerprint density at radius 1 is 1.43 bits per heavy atom. The maximum absolute atomic E-state index is 11.8. The fourth-order valence-corrected chi connectivity index (χ4v) is 1.46. The Kier molecular flexibility index (Phi) is 4.34. The van der Waals surface area contributed by atoms with Gasteiger partial charge in [0.1, 0.15) is 6.54 Å². The van der Waals surface area contributed by atoms with Gasteiger partial charge in [0.15, 0.2) is 6.61 Å². The van der Waals surface area contributed by atoms with E-state index in [1.807, 2.05) is 0 Å². The van der Waals surface area contributed by atoms with E-state index in [4.69, 9.17) is 0 Å². The van der Waals surface area contributed by atoms with Crippen LogP contribution in [0.25, 0.3) is 0 Å². The van der Waals surface area contributed by atoms with Crippen molar-refractivity contribution in [2.75, 3.05) is 11.9 Å². The van der Waals surface area contributed by atoms with E-state index in [2.05, 4.69) is 20.5 Å². The number of alkyl halides is 3. The SMILES string of the molecule is O=C(Cn1cc(NC(=O)OCC(F)(F)F)cn1)NC1CC1. The van der Waals surface area contributed by atoms with Gasteiger partial charge in [-0.1, -0.05) is 0 Å². The molecule has 0 bridgehead atoms. The van der Waals surface area contributed by atoms with Crippen LogP contribution in [0.4, 0.5) is 23.7 Å². The second-order valence-corrected chi connectivity index (χ2v) is 4.58. The number of rotatable bonds is 5. The minimum atomic E-state index is -4.58. The number of carbonyl (C=O) groups excluding carboxylic acids is 2. The number of halogens is 3. The van der Waals surface area contributed by atoms with Crippen molar-refractivity contribution in [3.05, 3.63) is 12.4 Å². The normalized spacial score (nSPS) is 14.6. The van der Waals surface area contributed by atoms with Crippen molar-refractivity contribution in [2.45, 2.75) is 31.6 Å². The molecule has 7 nitrogen and oxygen atoms in total. The Morgan fingerprint density at radius 2 is 2.14 bits per heavy atom. The quantitative estimate of drug-likeness (QED) is 0.858. The first-order chi connectivity index (χ1) is 9.82. The molecule has 0 aromatic carbocycles. The van der Waals surface area contributed by atoms with Gasteiger partial charge in [-0.2, -0.15) is 18.3 Å². The van der Waals surface area contributed by atoms with Crippen LogP contribution in [-0.2, 0) is 16.1 Å². The zero-order valence-corrected chi connectivity index (χ0v) is 10.8. The second kappa shape index (κ2) is 6.02. The molecule has 2 rings (SSSR count). The maximum Gasteiger partial charge on any atom is 0.422 e. The van der Waals surface area contributed by atoms with E-state index in [1.54, 1.807) is 0 Å². The molecule has 0 radical (unpaired) electrons.